The van der Waals surface area contributed by atoms with Gasteiger partial charge in [0.15, 0.2) is 11.2 Å². The predicted molar refractivity (Wildman–Crippen MR) is 98.9 cm³/mol. The van der Waals surface area contributed by atoms with Crippen LogP contribution in [-0.2, 0) is 34.9 Å². The molecule has 148 valence electrons. The van der Waals surface area contributed by atoms with Crippen molar-refractivity contribution in [2.75, 3.05) is 6.61 Å². The minimum Gasteiger partial charge on any atom is -0.457 e. The summed E-state index contributed by atoms with van der Waals surface area (Å²) in [5.41, 5.74) is 0.400. The second-order valence-corrected chi connectivity index (χ2v) is 8.29. The van der Waals surface area contributed by atoms with E-state index in [1.165, 1.54) is 35.4 Å². The Bertz CT molecular complexity index is 1300. The lowest BCUT2D eigenvalue weighted by Crippen LogP contribution is -2.37. The monoisotopic (exact) mass is 406 g/mol. The molecule has 3 heterocycles. The van der Waals surface area contributed by atoms with Gasteiger partial charge in [0.1, 0.15) is 12.7 Å². The Kier molecular flexibility index (Phi) is 4.16. The van der Waals surface area contributed by atoms with Crippen molar-refractivity contribution in [2.45, 2.75) is 24.5 Å². The lowest BCUT2D eigenvalue weighted by atomic mass is 10.2. The van der Waals surface area contributed by atoms with Crippen LogP contribution in [0.4, 0.5) is 0 Å². The average molecular weight is 406 g/mol. The van der Waals surface area contributed by atoms with E-state index in [0.717, 1.165) is 10.1 Å². The first-order valence-corrected chi connectivity index (χ1v) is 9.89. The minimum atomic E-state index is -3.93. The second-order valence-electron chi connectivity index (χ2n) is 6.67. The maximum atomic E-state index is 12.5. The van der Waals surface area contributed by atoms with E-state index in [1.807, 2.05) is 6.92 Å². The molecule has 0 amide bonds. The zero-order valence-electron chi connectivity index (χ0n) is 15.4. The van der Waals surface area contributed by atoms with Gasteiger partial charge in [-0.15, -0.1) is 0 Å². The number of imidazole rings is 1. The normalized spacial score (nSPS) is 16.3. The molecule has 1 atom stereocenters. The van der Waals surface area contributed by atoms with Crippen LogP contribution in [0.1, 0.15) is 5.56 Å². The van der Waals surface area contributed by atoms with E-state index in [-0.39, 0.29) is 35.2 Å². The van der Waals surface area contributed by atoms with Gasteiger partial charge in [-0.25, -0.2) is 4.79 Å². The SMILES string of the molecule is Cc1ccc(S(=O)(=O)OC[C@@H]2Cn3c(nc4c3c(=O)n(C)c(=O)n4C)O2)cc1. The maximum Gasteiger partial charge on any atom is 0.332 e. The summed E-state index contributed by atoms with van der Waals surface area (Å²) in [6.45, 7) is 1.81. The molecular weight excluding hydrogens is 388 g/mol. The first-order chi connectivity index (χ1) is 13.2. The lowest BCUT2D eigenvalue weighted by Gasteiger charge is -2.11. The largest absolute Gasteiger partial charge is 0.457 e. The molecule has 28 heavy (non-hydrogen) atoms. The lowest BCUT2D eigenvalue weighted by molar-refractivity contribution is 0.147. The zero-order valence-corrected chi connectivity index (χ0v) is 16.3. The first kappa shape index (κ1) is 18.4. The Balaban J connectivity index is 1.57. The van der Waals surface area contributed by atoms with Crippen LogP contribution in [0.15, 0.2) is 38.8 Å². The highest BCUT2D eigenvalue weighted by Crippen LogP contribution is 2.26. The van der Waals surface area contributed by atoms with E-state index in [2.05, 4.69) is 4.98 Å². The van der Waals surface area contributed by atoms with E-state index < -0.39 is 27.5 Å². The Morgan fingerprint density at radius 1 is 1.18 bits per heavy atom. The smallest absolute Gasteiger partial charge is 0.332 e. The molecule has 0 fully saturated rings. The minimum absolute atomic E-state index is 0.0585. The summed E-state index contributed by atoms with van der Waals surface area (Å²) < 4.78 is 39.2. The van der Waals surface area contributed by atoms with Gasteiger partial charge in [-0.1, -0.05) is 17.7 Å². The quantitative estimate of drug-likeness (QED) is 0.556. The maximum absolute atomic E-state index is 12.5. The summed E-state index contributed by atoms with van der Waals surface area (Å²) in [6.07, 6.45) is -0.630. The highest BCUT2D eigenvalue weighted by Gasteiger charge is 2.31. The molecule has 1 aliphatic heterocycles. The fraction of sp³-hybridized carbons (Fsp3) is 0.353. The molecule has 1 aromatic carbocycles. The van der Waals surface area contributed by atoms with Crippen LogP contribution in [0.25, 0.3) is 11.2 Å². The summed E-state index contributed by atoms with van der Waals surface area (Å²) in [5, 5.41) is 0. The summed E-state index contributed by atoms with van der Waals surface area (Å²) in [6, 6.07) is 6.47. The van der Waals surface area contributed by atoms with Gasteiger partial charge in [-0.2, -0.15) is 13.4 Å². The second kappa shape index (κ2) is 6.31. The van der Waals surface area contributed by atoms with Crippen LogP contribution in [0.5, 0.6) is 6.01 Å². The molecule has 0 N–H and O–H groups in total. The van der Waals surface area contributed by atoms with Crippen molar-refractivity contribution in [1.82, 2.24) is 18.7 Å². The van der Waals surface area contributed by atoms with Crippen molar-refractivity contribution in [3.63, 3.8) is 0 Å². The van der Waals surface area contributed by atoms with E-state index in [9.17, 15) is 18.0 Å². The number of aromatic nitrogens is 4. The number of aryl methyl sites for hydroxylation is 2. The van der Waals surface area contributed by atoms with Gasteiger partial charge < -0.3 is 4.74 Å². The molecule has 10 nitrogen and oxygen atoms in total. The fourth-order valence-electron chi connectivity index (χ4n) is 3.10. The predicted octanol–water partition coefficient (Wildman–Crippen LogP) is -0.0914. The number of ether oxygens (including phenoxy) is 1. The van der Waals surface area contributed by atoms with E-state index in [0.29, 0.717) is 0 Å². The third kappa shape index (κ3) is 2.83. The molecule has 1 aliphatic rings. The molecule has 0 bridgehead atoms. The van der Waals surface area contributed by atoms with E-state index >= 15 is 0 Å². The fourth-order valence-corrected chi connectivity index (χ4v) is 4.04. The molecule has 0 aliphatic carbocycles. The Hall–Kier alpha value is -2.92. The van der Waals surface area contributed by atoms with Crippen LogP contribution < -0.4 is 16.0 Å². The van der Waals surface area contributed by atoms with Crippen LogP contribution in [0, 0.1) is 6.92 Å². The third-order valence-electron chi connectivity index (χ3n) is 4.69. The van der Waals surface area contributed by atoms with E-state index in [4.69, 9.17) is 8.92 Å². The van der Waals surface area contributed by atoms with Gasteiger partial charge in [-0.3, -0.25) is 22.7 Å². The number of hydrogen-bond donors (Lipinski definition) is 0. The van der Waals surface area contributed by atoms with Gasteiger partial charge in [-0.05, 0) is 19.1 Å². The first-order valence-electron chi connectivity index (χ1n) is 8.48. The van der Waals surface area contributed by atoms with Crippen LogP contribution in [0.2, 0.25) is 0 Å². The third-order valence-corrected chi connectivity index (χ3v) is 5.99. The van der Waals surface area contributed by atoms with Crippen LogP contribution in [-0.4, -0.2) is 39.8 Å². The van der Waals surface area contributed by atoms with Crippen molar-refractivity contribution in [2.24, 2.45) is 14.1 Å². The van der Waals surface area contributed by atoms with Gasteiger partial charge in [0.2, 0.25) is 0 Å². The van der Waals surface area contributed by atoms with E-state index in [1.54, 1.807) is 12.1 Å². The van der Waals surface area contributed by atoms with Crippen molar-refractivity contribution in [3.05, 3.63) is 50.7 Å². The highest BCUT2D eigenvalue weighted by atomic mass is 32.2. The molecule has 3 aromatic rings. The molecule has 0 spiro atoms. The molecule has 0 unspecified atom stereocenters. The Labute approximate surface area is 159 Å². The molecule has 0 radical (unpaired) electrons. The van der Waals surface area contributed by atoms with Gasteiger partial charge in [0.25, 0.3) is 21.7 Å². The average Bonchev–Trinajstić information content (AvgIpc) is 3.21. The Morgan fingerprint density at radius 2 is 1.86 bits per heavy atom. The van der Waals surface area contributed by atoms with Gasteiger partial charge in [0.05, 0.1) is 11.4 Å². The molecule has 4 rings (SSSR count). The molecule has 2 aromatic heterocycles. The van der Waals surface area contributed by atoms with Gasteiger partial charge in [0, 0.05) is 14.1 Å². The number of fused-ring (bicyclic) bond motifs is 3. The topological polar surface area (TPSA) is 114 Å². The zero-order chi connectivity index (χ0) is 20.2. The van der Waals surface area contributed by atoms with Crippen molar-refractivity contribution in [3.8, 4) is 6.01 Å². The molecule has 0 saturated heterocycles. The van der Waals surface area contributed by atoms with Crippen LogP contribution >= 0.6 is 0 Å². The Morgan fingerprint density at radius 3 is 2.54 bits per heavy atom. The van der Waals surface area contributed by atoms with Crippen LogP contribution in [0.3, 0.4) is 0 Å². The number of benzene rings is 1. The van der Waals surface area contributed by atoms with Crippen molar-refractivity contribution in [1.29, 1.82) is 0 Å². The van der Waals surface area contributed by atoms with Crippen molar-refractivity contribution >= 4 is 21.3 Å². The highest BCUT2D eigenvalue weighted by molar-refractivity contribution is 7.86. The molecule has 11 heteroatoms. The number of hydrogen-bond acceptors (Lipinski definition) is 7. The molecule has 0 saturated carbocycles. The number of rotatable bonds is 4. The van der Waals surface area contributed by atoms with Gasteiger partial charge >= 0.3 is 5.69 Å². The summed E-state index contributed by atoms with van der Waals surface area (Å²) in [4.78, 5) is 28.7. The standard InChI is InChI=1S/C17H18N4O6S/c1-10-4-6-12(7-5-10)28(24,25)26-9-11-8-21-13-14(18-16(21)27-11)19(2)17(23)20(3)15(13)22/h4-7,11H,8-9H2,1-3H3/t11-/m0/s1. The summed E-state index contributed by atoms with van der Waals surface area (Å²) in [5.74, 6) is 0. The van der Waals surface area contributed by atoms with Crippen molar-refractivity contribution < 1.29 is 17.3 Å². The summed E-state index contributed by atoms with van der Waals surface area (Å²) >= 11 is 0. The molecular formula is C17H18N4O6S. The summed E-state index contributed by atoms with van der Waals surface area (Å²) in [7, 11) is -1.03. The number of nitrogens with zero attached hydrogens (tertiary/aromatic N) is 4.